The van der Waals surface area contributed by atoms with Gasteiger partial charge in [-0.1, -0.05) is 6.42 Å². The molecule has 17 heavy (non-hydrogen) atoms. The van der Waals surface area contributed by atoms with Crippen molar-refractivity contribution < 1.29 is 9.59 Å². The molecule has 0 unspecified atom stereocenters. The van der Waals surface area contributed by atoms with Gasteiger partial charge < -0.3 is 11.5 Å². The van der Waals surface area contributed by atoms with E-state index in [1.165, 1.54) is 0 Å². The van der Waals surface area contributed by atoms with Gasteiger partial charge in [0, 0.05) is 12.8 Å². The van der Waals surface area contributed by atoms with Gasteiger partial charge in [0.1, 0.15) is 0 Å². The van der Waals surface area contributed by atoms with Crippen LogP contribution in [0.25, 0.3) is 0 Å². The Hall–Kier alpha value is -2.12. The lowest BCUT2D eigenvalue weighted by atomic mass is 10.1. The standard InChI is InChI=1S/C9H18N6O2/c10-8(11)14-6(16)4-2-1-3-5-7(17)15-9(12)13/h1-5H2,(H4,10,11,14,16)(H4,12,13,15,17). The molecular formula is C9H18N6O2. The number of nitrogens with one attached hydrogen (secondary N) is 4. The molecule has 0 aliphatic rings. The summed E-state index contributed by atoms with van der Waals surface area (Å²) < 4.78 is 0. The maximum atomic E-state index is 11.0. The van der Waals surface area contributed by atoms with Gasteiger partial charge in [-0.15, -0.1) is 0 Å². The van der Waals surface area contributed by atoms with E-state index in [0.717, 1.165) is 0 Å². The first-order valence-corrected chi connectivity index (χ1v) is 5.19. The molecule has 0 aromatic heterocycles. The van der Waals surface area contributed by atoms with E-state index in [1.807, 2.05) is 0 Å². The van der Waals surface area contributed by atoms with Gasteiger partial charge in [0.25, 0.3) is 0 Å². The fourth-order valence-corrected chi connectivity index (χ4v) is 1.17. The molecule has 0 rings (SSSR count). The van der Waals surface area contributed by atoms with E-state index in [-0.39, 0.29) is 36.6 Å². The number of unbranched alkanes of at least 4 members (excludes halogenated alkanes) is 2. The van der Waals surface area contributed by atoms with Crippen molar-refractivity contribution in [1.82, 2.24) is 10.6 Å². The van der Waals surface area contributed by atoms with E-state index in [1.54, 1.807) is 0 Å². The van der Waals surface area contributed by atoms with E-state index >= 15 is 0 Å². The number of guanidine groups is 2. The molecule has 8 nitrogen and oxygen atoms in total. The van der Waals surface area contributed by atoms with Crippen molar-refractivity contribution in [3.8, 4) is 0 Å². The van der Waals surface area contributed by atoms with Crippen LogP contribution >= 0.6 is 0 Å². The predicted octanol–water partition coefficient (Wildman–Crippen LogP) is -1.04. The maximum Gasteiger partial charge on any atom is 0.226 e. The lowest BCUT2D eigenvalue weighted by Crippen LogP contribution is -2.35. The fraction of sp³-hybridized carbons (Fsp3) is 0.556. The van der Waals surface area contributed by atoms with Crippen LogP contribution in [0, 0.1) is 10.8 Å². The first kappa shape index (κ1) is 14.9. The zero-order valence-electron chi connectivity index (χ0n) is 9.51. The second kappa shape index (κ2) is 8.08. The highest BCUT2D eigenvalue weighted by Gasteiger charge is 2.04. The summed E-state index contributed by atoms with van der Waals surface area (Å²) in [7, 11) is 0. The lowest BCUT2D eigenvalue weighted by molar-refractivity contribution is -0.120. The summed E-state index contributed by atoms with van der Waals surface area (Å²) in [6, 6.07) is 0. The van der Waals surface area contributed by atoms with Gasteiger partial charge in [-0.05, 0) is 12.8 Å². The van der Waals surface area contributed by atoms with Crippen molar-refractivity contribution in [1.29, 1.82) is 10.8 Å². The van der Waals surface area contributed by atoms with Crippen molar-refractivity contribution in [2.75, 3.05) is 0 Å². The summed E-state index contributed by atoms with van der Waals surface area (Å²) in [6.45, 7) is 0. The summed E-state index contributed by atoms with van der Waals surface area (Å²) in [5.74, 6) is -1.33. The second-order valence-corrected chi connectivity index (χ2v) is 3.48. The van der Waals surface area contributed by atoms with Crippen LogP contribution in [-0.2, 0) is 9.59 Å². The minimum absolute atomic E-state index is 0.272. The molecular weight excluding hydrogens is 224 g/mol. The van der Waals surface area contributed by atoms with Crippen molar-refractivity contribution in [2.45, 2.75) is 32.1 Å². The van der Waals surface area contributed by atoms with Crippen molar-refractivity contribution >= 4 is 23.7 Å². The van der Waals surface area contributed by atoms with Gasteiger partial charge >= 0.3 is 0 Å². The monoisotopic (exact) mass is 242 g/mol. The highest BCUT2D eigenvalue weighted by Crippen LogP contribution is 2.02. The van der Waals surface area contributed by atoms with Crippen molar-refractivity contribution in [3.05, 3.63) is 0 Å². The molecule has 0 radical (unpaired) electrons. The molecule has 96 valence electrons. The molecule has 8 N–H and O–H groups in total. The Morgan fingerprint density at radius 1 is 0.824 bits per heavy atom. The minimum atomic E-state index is -0.365. The van der Waals surface area contributed by atoms with Gasteiger partial charge in [-0.2, -0.15) is 0 Å². The Kier molecular flexibility index (Phi) is 7.07. The predicted molar refractivity (Wildman–Crippen MR) is 63.2 cm³/mol. The second-order valence-electron chi connectivity index (χ2n) is 3.48. The molecule has 0 atom stereocenters. The van der Waals surface area contributed by atoms with Crippen LogP contribution in [-0.4, -0.2) is 23.7 Å². The first-order chi connectivity index (χ1) is 7.91. The molecule has 0 aromatic rings. The third-order valence-electron chi connectivity index (χ3n) is 1.86. The largest absolute Gasteiger partial charge is 0.370 e. The molecule has 0 aliphatic carbocycles. The summed E-state index contributed by atoms with van der Waals surface area (Å²) in [4.78, 5) is 22.1. The van der Waals surface area contributed by atoms with Gasteiger partial charge in [0.2, 0.25) is 11.8 Å². The van der Waals surface area contributed by atoms with E-state index in [4.69, 9.17) is 22.3 Å². The van der Waals surface area contributed by atoms with E-state index in [0.29, 0.717) is 19.3 Å². The number of hydrogen-bond donors (Lipinski definition) is 6. The minimum Gasteiger partial charge on any atom is -0.370 e. The smallest absolute Gasteiger partial charge is 0.226 e. The van der Waals surface area contributed by atoms with Crippen LogP contribution in [0.3, 0.4) is 0 Å². The Labute approximate surface area is 99.1 Å². The zero-order valence-corrected chi connectivity index (χ0v) is 9.51. The lowest BCUT2D eigenvalue weighted by Gasteiger charge is -2.03. The van der Waals surface area contributed by atoms with Crippen molar-refractivity contribution in [3.63, 3.8) is 0 Å². The molecule has 8 heteroatoms. The molecule has 0 aliphatic heterocycles. The normalized spacial score (nSPS) is 9.41. The number of rotatable bonds is 6. The quantitative estimate of drug-likeness (QED) is 0.199. The van der Waals surface area contributed by atoms with E-state index < -0.39 is 0 Å². The SMILES string of the molecule is N=C(N)NC(=O)CCCCCC(=O)NC(=N)N. The third kappa shape index (κ3) is 10.2. The molecule has 0 bridgehead atoms. The topological polar surface area (TPSA) is 158 Å². The van der Waals surface area contributed by atoms with Crippen LogP contribution < -0.4 is 22.1 Å². The summed E-state index contributed by atoms with van der Waals surface area (Å²) in [6.07, 6.45) is 2.48. The Balaban J connectivity index is 3.46. The molecule has 0 heterocycles. The number of carbonyl (C=O) groups is 2. The van der Waals surface area contributed by atoms with Gasteiger partial charge in [0.15, 0.2) is 11.9 Å². The highest BCUT2D eigenvalue weighted by atomic mass is 16.2. The summed E-state index contributed by atoms with van der Waals surface area (Å²) in [5.41, 5.74) is 9.95. The van der Waals surface area contributed by atoms with Crippen LogP contribution in [0.15, 0.2) is 0 Å². The molecule has 0 saturated carbocycles. The number of nitrogens with two attached hydrogens (primary N) is 2. The van der Waals surface area contributed by atoms with Gasteiger partial charge in [-0.25, -0.2) is 0 Å². The van der Waals surface area contributed by atoms with Crippen LogP contribution in [0.5, 0.6) is 0 Å². The molecule has 0 aromatic carbocycles. The average Bonchev–Trinajstić information content (AvgIpc) is 2.14. The van der Waals surface area contributed by atoms with Crippen LogP contribution in [0.4, 0.5) is 0 Å². The number of hydrogen-bond acceptors (Lipinski definition) is 4. The summed E-state index contributed by atoms with van der Waals surface area (Å²) >= 11 is 0. The zero-order chi connectivity index (χ0) is 13.3. The van der Waals surface area contributed by atoms with Crippen molar-refractivity contribution in [2.24, 2.45) is 11.5 Å². The van der Waals surface area contributed by atoms with E-state index in [9.17, 15) is 9.59 Å². The Bertz CT molecular complexity index is 285. The highest BCUT2D eigenvalue weighted by molar-refractivity contribution is 5.95. The third-order valence-corrected chi connectivity index (χ3v) is 1.86. The Morgan fingerprint density at radius 3 is 1.47 bits per heavy atom. The molecule has 2 amide bonds. The maximum absolute atomic E-state index is 11.0. The number of carbonyl (C=O) groups excluding carboxylic acids is 2. The van der Waals surface area contributed by atoms with E-state index in [2.05, 4.69) is 10.6 Å². The molecule has 0 saturated heterocycles. The first-order valence-electron chi connectivity index (χ1n) is 5.19. The molecule has 0 fully saturated rings. The van der Waals surface area contributed by atoms with Crippen LogP contribution in [0.1, 0.15) is 32.1 Å². The van der Waals surface area contributed by atoms with Gasteiger partial charge in [0.05, 0.1) is 0 Å². The summed E-state index contributed by atoms with van der Waals surface area (Å²) in [5, 5.41) is 18.0. The Morgan fingerprint density at radius 2 is 1.18 bits per heavy atom. The van der Waals surface area contributed by atoms with Gasteiger partial charge in [-0.3, -0.25) is 31.0 Å². The molecule has 0 spiro atoms. The van der Waals surface area contributed by atoms with Crippen LogP contribution in [0.2, 0.25) is 0 Å². The fourth-order valence-electron chi connectivity index (χ4n) is 1.17. The number of amides is 2. The average molecular weight is 242 g/mol.